The molecular formula is C23H24N2O4. The lowest BCUT2D eigenvalue weighted by Crippen LogP contribution is -2.43. The van der Waals surface area contributed by atoms with Crippen molar-refractivity contribution in [2.75, 3.05) is 38.3 Å². The zero-order chi connectivity index (χ0) is 20.5. The summed E-state index contributed by atoms with van der Waals surface area (Å²) in [6.45, 7) is 6.55. The van der Waals surface area contributed by atoms with Crippen molar-refractivity contribution in [3.05, 3.63) is 64.9 Å². The highest BCUT2D eigenvalue weighted by Gasteiger charge is 2.37. The van der Waals surface area contributed by atoms with Gasteiger partial charge < -0.3 is 14.4 Å². The van der Waals surface area contributed by atoms with Gasteiger partial charge in [-0.1, -0.05) is 17.7 Å². The van der Waals surface area contributed by atoms with E-state index < -0.39 is 0 Å². The highest BCUT2D eigenvalue weighted by molar-refractivity contribution is 6.41. The molecule has 6 nitrogen and oxygen atoms in total. The second-order valence-electron chi connectivity index (χ2n) is 7.34. The van der Waals surface area contributed by atoms with Crippen molar-refractivity contribution < 1.29 is 19.1 Å². The largest absolute Gasteiger partial charge is 0.497 e. The van der Waals surface area contributed by atoms with E-state index in [4.69, 9.17) is 9.47 Å². The molecule has 2 aromatic rings. The third kappa shape index (κ3) is 3.51. The first-order valence-electron chi connectivity index (χ1n) is 9.67. The molecule has 0 spiro atoms. The van der Waals surface area contributed by atoms with Gasteiger partial charge in [0.25, 0.3) is 11.8 Å². The lowest BCUT2D eigenvalue weighted by Gasteiger charge is -2.32. The first-order valence-corrected chi connectivity index (χ1v) is 9.67. The van der Waals surface area contributed by atoms with Crippen LogP contribution in [0.3, 0.4) is 0 Å². The number of aryl methyl sites for hydroxylation is 2. The van der Waals surface area contributed by atoms with Gasteiger partial charge in [-0.2, -0.15) is 0 Å². The molecule has 2 aromatic carbocycles. The molecule has 0 unspecified atom stereocenters. The Hall–Kier alpha value is -3.12. The van der Waals surface area contributed by atoms with Crippen LogP contribution in [0.5, 0.6) is 5.75 Å². The van der Waals surface area contributed by atoms with E-state index in [1.807, 2.05) is 38.2 Å². The van der Waals surface area contributed by atoms with E-state index in [9.17, 15) is 9.59 Å². The lowest BCUT2D eigenvalue weighted by molar-refractivity contribution is -0.113. The van der Waals surface area contributed by atoms with Gasteiger partial charge in [0.15, 0.2) is 0 Å². The predicted octanol–water partition coefficient (Wildman–Crippen LogP) is 3.17. The topological polar surface area (TPSA) is 59.1 Å². The standard InChI is InChI=1S/C23H24N2O4/c1-15-4-7-21(16(2)12-15)25-22(26)19-13-17(28-3)5-6-18(19)20(23(25)27)14-24-8-10-29-11-9-24/h4-7,12-14H,8-11H2,1-3H3. The quantitative estimate of drug-likeness (QED) is 0.593. The molecule has 0 aliphatic carbocycles. The van der Waals surface area contributed by atoms with Crippen molar-refractivity contribution in [1.82, 2.24) is 4.90 Å². The summed E-state index contributed by atoms with van der Waals surface area (Å²) in [7, 11) is 1.56. The number of hydrogen-bond donors (Lipinski definition) is 0. The average molecular weight is 392 g/mol. The number of carbonyl (C=O) groups is 2. The Morgan fingerprint density at radius 2 is 1.72 bits per heavy atom. The third-order valence-electron chi connectivity index (χ3n) is 5.33. The molecule has 1 fully saturated rings. The molecule has 0 atom stereocenters. The van der Waals surface area contributed by atoms with Gasteiger partial charge in [-0.15, -0.1) is 0 Å². The second-order valence-corrected chi connectivity index (χ2v) is 7.34. The van der Waals surface area contributed by atoms with E-state index in [1.165, 1.54) is 4.90 Å². The van der Waals surface area contributed by atoms with Crippen LogP contribution in [0.2, 0.25) is 0 Å². The fourth-order valence-corrected chi connectivity index (χ4v) is 3.80. The number of nitrogens with zero attached hydrogens (tertiary/aromatic N) is 2. The summed E-state index contributed by atoms with van der Waals surface area (Å²) in [5.41, 5.74) is 4.16. The molecule has 4 rings (SSSR count). The summed E-state index contributed by atoms with van der Waals surface area (Å²) in [6.07, 6.45) is 1.86. The smallest absolute Gasteiger partial charge is 0.267 e. The minimum absolute atomic E-state index is 0.314. The van der Waals surface area contributed by atoms with Crippen LogP contribution in [0.4, 0.5) is 5.69 Å². The third-order valence-corrected chi connectivity index (χ3v) is 5.33. The van der Waals surface area contributed by atoms with Crippen LogP contribution >= 0.6 is 0 Å². The number of rotatable bonds is 3. The Kier molecular flexibility index (Phi) is 5.11. The number of benzene rings is 2. The first kappa shape index (κ1) is 19.2. The second kappa shape index (κ2) is 7.72. The van der Waals surface area contributed by atoms with E-state index >= 15 is 0 Å². The van der Waals surface area contributed by atoms with Gasteiger partial charge in [0, 0.05) is 24.9 Å². The molecular weight excluding hydrogens is 368 g/mol. The molecule has 2 amide bonds. The number of fused-ring (bicyclic) bond motifs is 1. The fourth-order valence-electron chi connectivity index (χ4n) is 3.80. The van der Waals surface area contributed by atoms with Crippen LogP contribution in [-0.4, -0.2) is 50.1 Å². The number of anilines is 1. The maximum Gasteiger partial charge on any atom is 0.267 e. The highest BCUT2D eigenvalue weighted by atomic mass is 16.5. The minimum atomic E-state index is -0.338. The van der Waals surface area contributed by atoms with E-state index in [2.05, 4.69) is 4.90 Å². The van der Waals surface area contributed by atoms with E-state index in [1.54, 1.807) is 25.3 Å². The average Bonchev–Trinajstić information content (AvgIpc) is 2.73. The summed E-state index contributed by atoms with van der Waals surface area (Å²) in [6, 6.07) is 11.0. The van der Waals surface area contributed by atoms with Gasteiger partial charge in [-0.25, -0.2) is 4.90 Å². The van der Waals surface area contributed by atoms with Crippen molar-refractivity contribution >= 4 is 23.1 Å². The predicted molar refractivity (Wildman–Crippen MR) is 111 cm³/mol. The summed E-state index contributed by atoms with van der Waals surface area (Å²) in [4.78, 5) is 30.2. The maximum absolute atomic E-state index is 13.5. The van der Waals surface area contributed by atoms with Crippen molar-refractivity contribution in [3.8, 4) is 5.75 Å². The van der Waals surface area contributed by atoms with Gasteiger partial charge in [0.2, 0.25) is 0 Å². The number of morpholine rings is 1. The Bertz CT molecular complexity index is 1010. The van der Waals surface area contributed by atoms with Gasteiger partial charge in [-0.05, 0) is 43.7 Å². The number of ether oxygens (including phenoxy) is 2. The van der Waals surface area contributed by atoms with Gasteiger partial charge >= 0.3 is 0 Å². The molecule has 2 heterocycles. The zero-order valence-electron chi connectivity index (χ0n) is 16.9. The minimum Gasteiger partial charge on any atom is -0.497 e. The number of carbonyl (C=O) groups excluding carboxylic acids is 2. The molecule has 0 N–H and O–H groups in total. The number of imide groups is 1. The van der Waals surface area contributed by atoms with Gasteiger partial charge in [-0.3, -0.25) is 9.59 Å². The number of amides is 2. The van der Waals surface area contributed by atoms with Gasteiger partial charge in [0.05, 0.1) is 37.1 Å². The number of methoxy groups -OCH3 is 1. The Morgan fingerprint density at radius 3 is 2.41 bits per heavy atom. The Labute approximate surface area is 170 Å². The van der Waals surface area contributed by atoms with Crippen LogP contribution in [0.25, 0.3) is 5.57 Å². The van der Waals surface area contributed by atoms with Crippen LogP contribution in [0, 0.1) is 13.8 Å². The van der Waals surface area contributed by atoms with Crippen molar-refractivity contribution in [2.24, 2.45) is 0 Å². The van der Waals surface area contributed by atoms with Crippen LogP contribution in [0.15, 0.2) is 42.6 Å². The first-order chi connectivity index (χ1) is 14.0. The maximum atomic E-state index is 13.5. The van der Waals surface area contributed by atoms with Crippen LogP contribution in [0.1, 0.15) is 27.0 Å². The lowest BCUT2D eigenvalue weighted by atomic mass is 9.92. The van der Waals surface area contributed by atoms with E-state index in [0.29, 0.717) is 54.4 Å². The molecule has 1 saturated heterocycles. The van der Waals surface area contributed by atoms with E-state index in [0.717, 1.165) is 11.1 Å². The molecule has 150 valence electrons. The summed E-state index contributed by atoms with van der Waals surface area (Å²) < 4.78 is 10.7. The molecule has 0 aromatic heterocycles. The van der Waals surface area contributed by atoms with Crippen molar-refractivity contribution in [2.45, 2.75) is 13.8 Å². The Morgan fingerprint density at radius 1 is 0.966 bits per heavy atom. The zero-order valence-corrected chi connectivity index (χ0v) is 16.9. The van der Waals surface area contributed by atoms with Gasteiger partial charge in [0.1, 0.15) is 5.75 Å². The summed E-state index contributed by atoms with van der Waals surface area (Å²) in [5.74, 6) is -0.0705. The van der Waals surface area contributed by atoms with E-state index in [-0.39, 0.29) is 11.8 Å². The molecule has 0 radical (unpaired) electrons. The monoisotopic (exact) mass is 392 g/mol. The van der Waals surface area contributed by atoms with Crippen LogP contribution in [-0.2, 0) is 9.53 Å². The summed E-state index contributed by atoms with van der Waals surface area (Å²) in [5, 5.41) is 0. The molecule has 0 bridgehead atoms. The summed E-state index contributed by atoms with van der Waals surface area (Å²) >= 11 is 0. The molecule has 2 aliphatic rings. The van der Waals surface area contributed by atoms with Crippen molar-refractivity contribution in [3.63, 3.8) is 0 Å². The molecule has 0 saturated carbocycles. The SMILES string of the molecule is COc1ccc2c(c1)C(=O)N(c1ccc(C)cc1C)C(=O)C2=CN1CCOCC1. The number of hydrogen-bond acceptors (Lipinski definition) is 5. The normalized spacial score (nSPS) is 18.2. The highest BCUT2D eigenvalue weighted by Crippen LogP contribution is 2.35. The Balaban J connectivity index is 1.87. The van der Waals surface area contributed by atoms with Crippen molar-refractivity contribution in [1.29, 1.82) is 0 Å². The van der Waals surface area contributed by atoms with Crippen LogP contribution < -0.4 is 9.64 Å². The molecule has 2 aliphatic heterocycles. The molecule has 29 heavy (non-hydrogen) atoms. The fraction of sp³-hybridized carbons (Fsp3) is 0.304. The molecule has 6 heteroatoms.